The van der Waals surface area contributed by atoms with E-state index in [1.807, 2.05) is 29.7 Å². The Balaban J connectivity index is 1.31. The highest BCUT2D eigenvalue weighted by molar-refractivity contribution is 6.33. The van der Waals surface area contributed by atoms with E-state index < -0.39 is 0 Å². The zero-order valence-corrected chi connectivity index (χ0v) is 23.1. The van der Waals surface area contributed by atoms with Crippen LogP contribution in [0.5, 0.6) is 11.6 Å². The van der Waals surface area contributed by atoms with Crippen molar-refractivity contribution >= 4 is 28.7 Å². The quantitative estimate of drug-likeness (QED) is 0.309. The first-order valence-electron chi connectivity index (χ1n) is 13.2. The maximum Gasteiger partial charge on any atom is 0.260 e. The highest BCUT2D eigenvalue weighted by Gasteiger charge is 2.41. The van der Waals surface area contributed by atoms with Crippen LogP contribution in [0, 0.1) is 24.2 Å². The second-order valence-electron chi connectivity index (χ2n) is 10.6. The molecular formula is C29H28ClN7O3. The Morgan fingerprint density at radius 2 is 2.08 bits per heavy atom. The number of nitrogens with zero attached hydrogens (tertiary/aromatic N) is 7. The minimum atomic E-state index is -0.234. The Bertz CT molecular complexity index is 1640. The van der Waals surface area contributed by atoms with Gasteiger partial charge in [0, 0.05) is 24.8 Å². The molecule has 2 aliphatic rings. The van der Waals surface area contributed by atoms with Gasteiger partial charge in [-0.25, -0.2) is 9.97 Å². The number of ether oxygens (including phenoxy) is 2. The van der Waals surface area contributed by atoms with Gasteiger partial charge in [-0.1, -0.05) is 11.6 Å². The molecule has 10 nitrogen and oxygen atoms in total. The Hall–Kier alpha value is -4.23. The van der Waals surface area contributed by atoms with Gasteiger partial charge in [-0.2, -0.15) is 10.2 Å². The van der Waals surface area contributed by atoms with Crippen LogP contribution in [-0.4, -0.2) is 60.6 Å². The van der Waals surface area contributed by atoms with E-state index in [-0.39, 0.29) is 24.0 Å². The Labute approximate surface area is 236 Å². The van der Waals surface area contributed by atoms with Crippen LogP contribution in [0.15, 0.2) is 42.9 Å². The zero-order chi connectivity index (χ0) is 27.9. The monoisotopic (exact) mass is 557 g/mol. The number of benzene rings is 1. The molecule has 6 rings (SSSR count). The van der Waals surface area contributed by atoms with Gasteiger partial charge in [0.1, 0.15) is 23.5 Å². The van der Waals surface area contributed by atoms with Crippen LogP contribution in [-0.2, 0) is 11.3 Å². The third-order valence-corrected chi connectivity index (χ3v) is 7.67. The summed E-state index contributed by atoms with van der Waals surface area (Å²) in [5, 5.41) is 9.50. The molecule has 0 radical (unpaired) electrons. The summed E-state index contributed by atoms with van der Waals surface area (Å²) in [5.74, 6) is 1.23. The number of amides is 1. The fourth-order valence-corrected chi connectivity index (χ4v) is 5.06. The molecule has 204 valence electrons. The molecule has 1 aliphatic carbocycles. The molecule has 0 spiro atoms. The first kappa shape index (κ1) is 26.0. The summed E-state index contributed by atoms with van der Waals surface area (Å²) in [6.45, 7) is 5.39. The van der Waals surface area contributed by atoms with Crippen molar-refractivity contribution in [2.45, 2.75) is 45.3 Å². The number of pyridine rings is 1. The lowest BCUT2D eigenvalue weighted by Gasteiger charge is -2.16. The van der Waals surface area contributed by atoms with Gasteiger partial charge in [0.05, 0.1) is 29.2 Å². The predicted molar refractivity (Wildman–Crippen MR) is 148 cm³/mol. The van der Waals surface area contributed by atoms with Crippen molar-refractivity contribution in [3.63, 3.8) is 0 Å². The topological polar surface area (TPSA) is 119 Å². The lowest BCUT2D eigenvalue weighted by molar-refractivity contribution is -0.132. The predicted octanol–water partition coefficient (Wildman–Crippen LogP) is 4.58. The average molecular weight is 558 g/mol. The molecule has 1 saturated heterocycles. The molecule has 0 bridgehead atoms. The Kier molecular flexibility index (Phi) is 6.76. The summed E-state index contributed by atoms with van der Waals surface area (Å²) >= 11 is 6.78. The zero-order valence-electron chi connectivity index (χ0n) is 22.3. The third kappa shape index (κ3) is 5.29. The van der Waals surface area contributed by atoms with Crippen LogP contribution < -0.4 is 9.47 Å². The Morgan fingerprint density at radius 3 is 2.80 bits per heavy atom. The lowest BCUT2D eigenvalue weighted by atomic mass is 10.1. The van der Waals surface area contributed by atoms with E-state index in [0.717, 1.165) is 24.1 Å². The molecule has 11 heteroatoms. The maximum absolute atomic E-state index is 12.5. The molecule has 40 heavy (non-hydrogen) atoms. The van der Waals surface area contributed by atoms with Crippen LogP contribution in [0.4, 0.5) is 0 Å². The highest BCUT2D eigenvalue weighted by atomic mass is 35.5. The van der Waals surface area contributed by atoms with Crippen molar-refractivity contribution < 1.29 is 14.3 Å². The summed E-state index contributed by atoms with van der Waals surface area (Å²) in [4.78, 5) is 32.6. The molecule has 1 saturated carbocycles. The van der Waals surface area contributed by atoms with E-state index in [1.165, 1.54) is 6.33 Å². The van der Waals surface area contributed by atoms with Gasteiger partial charge in [-0.05, 0) is 69.0 Å². The van der Waals surface area contributed by atoms with Gasteiger partial charge in [-0.3, -0.25) is 9.78 Å². The number of hydrogen-bond donors (Lipinski definition) is 0. The van der Waals surface area contributed by atoms with Gasteiger partial charge >= 0.3 is 0 Å². The Morgan fingerprint density at radius 1 is 1.23 bits per heavy atom. The first-order chi connectivity index (χ1) is 19.3. The van der Waals surface area contributed by atoms with E-state index in [1.54, 1.807) is 23.2 Å². The number of carbonyl (C=O) groups excluding carboxylic acids is 1. The molecule has 1 amide bonds. The molecule has 1 aromatic carbocycles. The van der Waals surface area contributed by atoms with Crippen molar-refractivity contribution in [1.29, 1.82) is 5.26 Å². The largest absolute Gasteiger partial charge is 0.484 e. The van der Waals surface area contributed by atoms with Gasteiger partial charge in [0.25, 0.3) is 5.91 Å². The number of halogens is 1. The molecule has 1 atom stereocenters. The number of likely N-dealkylation sites (tertiary alicyclic amines) is 1. The number of aryl methyl sites for hydroxylation is 1. The summed E-state index contributed by atoms with van der Waals surface area (Å²) in [5.41, 5.74) is 3.57. The van der Waals surface area contributed by atoms with Crippen LogP contribution in [0.25, 0.3) is 22.6 Å². The summed E-state index contributed by atoms with van der Waals surface area (Å²) in [6.07, 6.45) is 5.89. The van der Waals surface area contributed by atoms with Crippen molar-refractivity contribution in [1.82, 2.24) is 29.4 Å². The van der Waals surface area contributed by atoms with E-state index in [2.05, 4.69) is 27.9 Å². The van der Waals surface area contributed by atoms with Crippen LogP contribution >= 0.6 is 11.6 Å². The second kappa shape index (κ2) is 10.4. The lowest BCUT2D eigenvalue weighted by Crippen LogP contribution is -2.32. The smallest absolute Gasteiger partial charge is 0.260 e. The normalized spacial score (nSPS) is 17.6. The highest BCUT2D eigenvalue weighted by Crippen LogP contribution is 2.41. The summed E-state index contributed by atoms with van der Waals surface area (Å²) in [7, 11) is 0. The minimum Gasteiger partial charge on any atom is -0.484 e. The number of rotatable bonds is 8. The van der Waals surface area contributed by atoms with Crippen LogP contribution in [0.1, 0.15) is 37.4 Å². The van der Waals surface area contributed by atoms with E-state index in [0.29, 0.717) is 65.3 Å². The number of fused-ring (bicyclic) bond motifs is 1. The molecular weight excluding hydrogens is 530 g/mol. The number of imidazole rings is 1. The van der Waals surface area contributed by atoms with Gasteiger partial charge in [0.15, 0.2) is 17.8 Å². The number of hydrogen-bond acceptors (Lipinski definition) is 8. The second-order valence-corrected chi connectivity index (χ2v) is 11.0. The molecule has 4 aromatic rings. The van der Waals surface area contributed by atoms with Crippen molar-refractivity contribution in [2.24, 2.45) is 5.92 Å². The number of carbonyl (C=O) groups is 1. The van der Waals surface area contributed by atoms with Gasteiger partial charge < -0.3 is 18.9 Å². The van der Waals surface area contributed by atoms with Crippen molar-refractivity contribution in [3.05, 3.63) is 59.1 Å². The maximum atomic E-state index is 12.5. The van der Waals surface area contributed by atoms with Gasteiger partial charge in [-0.15, -0.1) is 0 Å². The SMILES string of the molecule is Cc1ccnc(Cn2c(-c3ccc(OCC(=O)N4CC[C@@H](C#N)C4)cc3Cl)nc3c(OC4(C)CC4)ncnc32)c1. The van der Waals surface area contributed by atoms with Crippen molar-refractivity contribution in [2.75, 3.05) is 19.7 Å². The van der Waals surface area contributed by atoms with E-state index in [4.69, 9.17) is 31.3 Å². The third-order valence-electron chi connectivity index (χ3n) is 7.36. The molecule has 1 aliphatic heterocycles. The first-order valence-corrected chi connectivity index (χ1v) is 13.6. The fourth-order valence-electron chi connectivity index (χ4n) is 4.80. The van der Waals surface area contributed by atoms with Crippen LogP contribution in [0.3, 0.4) is 0 Å². The number of aromatic nitrogens is 5. The molecule has 3 aromatic heterocycles. The summed E-state index contributed by atoms with van der Waals surface area (Å²) in [6, 6.07) is 11.5. The van der Waals surface area contributed by atoms with Gasteiger partial charge in [0.2, 0.25) is 5.88 Å². The standard InChI is InChI=1S/C29H28ClN7O3/c1-18-5-9-32-20(11-18)15-37-26(35-25-27(37)33-17-34-28(25)40-29(2)7-8-29)22-4-3-21(12-23(22)30)39-16-24(38)36-10-6-19(13-31)14-36/h3-5,9,11-12,17,19H,6-8,10,14-16H2,1-2H3/t19-/m0/s1. The fraction of sp³-hybridized carbons (Fsp3) is 0.379. The molecule has 0 unspecified atom stereocenters. The molecule has 4 heterocycles. The minimum absolute atomic E-state index is 0.116. The molecule has 0 N–H and O–H groups in total. The van der Waals surface area contributed by atoms with E-state index >= 15 is 0 Å². The average Bonchev–Trinajstić information content (AvgIpc) is 3.32. The molecule has 2 fully saturated rings. The van der Waals surface area contributed by atoms with E-state index in [9.17, 15) is 4.79 Å². The number of nitriles is 1. The van der Waals surface area contributed by atoms with Crippen molar-refractivity contribution in [3.8, 4) is 29.1 Å². The van der Waals surface area contributed by atoms with Crippen LogP contribution in [0.2, 0.25) is 5.02 Å². The summed E-state index contributed by atoms with van der Waals surface area (Å²) < 4.78 is 13.9.